The largest absolute Gasteiger partial charge is 0.0836 e. The predicted octanol–water partition coefficient (Wildman–Crippen LogP) is 6.21. The highest BCUT2D eigenvalue weighted by Gasteiger charge is 2.07. The molecule has 0 aliphatic heterocycles. The summed E-state index contributed by atoms with van der Waals surface area (Å²) in [6.45, 7) is 0. The second-order valence-corrected chi connectivity index (χ2v) is 5.46. The summed E-state index contributed by atoms with van der Waals surface area (Å²) in [5.41, 5.74) is 0. The molecule has 0 bridgehead atoms. The van der Waals surface area contributed by atoms with Gasteiger partial charge in [-0.15, -0.1) is 0 Å². The molecule has 0 nitrogen and oxygen atoms in total. The van der Waals surface area contributed by atoms with Crippen molar-refractivity contribution in [1.29, 1.82) is 0 Å². The molecule has 3 aromatic rings. The Kier molecular flexibility index (Phi) is 3.07. The minimum atomic E-state index is 0.473. The topological polar surface area (TPSA) is 0 Å². The first-order valence-electron chi connectivity index (χ1n) is 5.07. The number of hydrogen-bond acceptors (Lipinski definition) is 0. The Labute approximate surface area is 124 Å². The average Bonchev–Trinajstić information content (AvgIpc) is 2.27. The molecule has 2 radical (unpaired) electrons. The van der Waals surface area contributed by atoms with E-state index in [2.05, 4.69) is 12.1 Å². The summed E-state index contributed by atoms with van der Waals surface area (Å²) in [5.74, 6) is 0. The van der Waals surface area contributed by atoms with Crippen molar-refractivity contribution in [2.24, 2.45) is 0 Å². The first kappa shape index (κ1) is 12.4. The van der Waals surface area contributed by atoms with Crippen molar-refractivity contribution in [2.45, 2.75) is 0 Å². The SMILES string of the molecule is Clc1[c]c(Cl)c2cc3cc(Cl)[c]c(Cl)c3cc2c1. The van der Waals surface area contributed by atoms with Crippen LogP contribution in [0.5, 0.6) is 0 Å². The number of hydrogen-bond donors (Lipinski definition) is 0. The molecule has 0 aliphatic carbocycles. The van der Waals surface area contributed by atoms with Gasteiger partial charge in [0.05, 0.1) is 20.1 Å². The zero-order valence-corrected chi connectivity index (χ0v) is 11.8. The van der Waals surface area contributed by atoms with Gasteiger partial charge in [0.2, 0.25) is 0 Å². The number of halogens is 4. The van der Waals surface area contributed by atoms with E-state index in [1.165, 1.54) is 0 Å². The molecule has 0 amide bonds. The molecule has 88 valence electrons. The zero-order valence-electron chi connectivity index (χ0n) is 8.82. The predicted molar refractivity (Wildman–Crippen MR) is 79.2 cm³/mol. The molecule has 3 rings (SSSR count). The monoisotopic (exact) mass is 312 g/mol. The van der Waals surface area contributed by atoms with E-state index < -0.39 is 0 Å². The molecule has 0 aliphatic rings. The van der Waals surface area contributed by atoms with E-state index >= 15 is 0 Å². The van der Waals surface area contributed by atoms with Gasteiger partial charge >= 0.3 is 0 Å². The molecule has 0 aromatic heterocycles. The standard InChI is InChI=1S/C14H4Cl4/c15-9-1-7-3-12-8(2-10(16)6-14(12)18)4-11(7)13(17)5-9/h1-4H. The molecule has 0 N–H and O–H groups in total. The lowest BCUT2D eigenvalue weighted by Crippen LogP contribution is -1.81. The average molecular weight is 314 g/mol. The van der Waals surface area contributed by atoms with Crippen molar-refractivity contribution in [3.63, 3.8) is 0 Å². The van der Waals surface area contributed by atoms with Gasteiger partial charge < -0.3 is 0 Å². The maximum Gasteiger partial charge on any atom is 0.0579 e. The first-order valence-corrected chi connectivity index (χ1v) is 6.58. The van der Waals surface area contributed by atoms with Crippen LogP contribution in [0.3, 0.4) is 0 Å². The van der Waals surface area contributed by atoms with Gasteiger partial charge in [-0.1, -0.05) is 46.4 Å². The summed E-state index contributed by atoms with van der Waals surface area (Å²) in [7, 11) is 0. The Morgan fingerprint density at radius 1 is 0.611 bits per heavy atom. The van der Waals surface area contributed by atoms with Crippen LogP contribution in [0, 0.1) is 12.1 Å². The summed E-state index contributed by atoms with van der Waals surface area (Å²) in [5, 5.41) is 5.47. The van der Waals surface area contributed by atoms with Crippen molar-refractivity contribution in [1.82, 2.24) is 0 Å². The van der Waals surface area contributed by atoms with Crippen LogP contribution in [0.15, 0.2) is 24.3 Å². The third-order valence-corrected chi connectivity index (χ3v) is 3.72. The lowest BCUT2D eigenvalue weighted by molar-refractivity contribution is 1.74. The number of benzene rings is 3. The van der Waals surface area contributed by atoms with E-state index in [9.17, 15) is 0 Å². The quantitative estimate of drug-likeness (QED) is 0.433. The fourth-order valence-electron chi connectivity index (χ4n) is 1.94. The summed E-state index contributed by atoms with van der Waals surface area (Å²) in [6, 6.07) is 13.2. The van der Waals surface area contributed by atoms with Gasteiger partial charge in [0.15, 0.2) is 0 Å². The van der Waals surface area contributed by atoms with Gasteiger partial charge in [0.1, 0.15) is 0 Å². The summed E-state index contributed by atoms with van der Waals surface area (Å²) >= 11 is 24.1. The van der Waals surface area contributed by atoms with E-state index in [1.54, 1.807) is 12.1 Å². The van der Waals surface area contributed by atoms with Crippen LogP contribution in [0.4, 0.5) is 0 Å². The molecule has 0 saturated carbocycles. The van der Waals surface area contributed by atoms with Gasteiger partial charge in [-0.25, -0.2) is 0 Å². The molecular formula is C14H4Cl4. The maximum atomic E-state index is 6.13. The van der Waals surface area contributed by atoms with Crippen LogP contribution in [0.2, 0.25) is 20.1 Å². The smallest absolute Gasteiger partial charge is 0.0579 e. The Morgan fingerprint density at radius 3 is 1.39 bits per heavy atom. The lowest BCUT2D eigenvalue weighted by Gasteiger charge is -2.06. The molecule has 0 spiro atoms. The highest BCUT2D eigenvalue weighted by Crippen LogP contribution is 2.34. The van der Waals surface area contributed by atoms with Gasteiger partial charge in [-0.3, -0.25) is 0 Å². The van der Waals surface area contributed by atoms with Crippen LogP contribution >= 0.6 is 46.4 Å². The molecule has 3 aromatic carbocycles. The maximum absolute atomic E-state index is 6.13. The number of fused-ring (bicyclic) bond motifs is 2. The van der Waals surface area contributed by atoms with Crippen LogP contribution < -0.4 is 0 Å². The highest BCUT2D eigenvalue weighted by atomic mass is 35.5. The molecule has 0 atom stereocenters. The van der Waals surface area contributed by atoms with Gasteiger partial charge in [0.25, 0.3) is 0 Å². The molecule has 0 heterocycles. The second kappa shape index (κ2) is 4.47. The molecule has 4 heteroatoms. The van der Waals surface area contributed by atoms with Gasteiger partial charge in [0, 0.05) is 22.9 Å². The minimum absolute atomic E-state index is 0.473. The third kappa shape index (κ3) is 2.04. The molecule has 18 heavy (non-hydrogen) atoms. The minimum Gasteiger partial charge on any atom is -0.0836 e. The Morgan fingerprint density at radius 2 is 1.00 bits per heavy atom. The van der Waals surface area contributed by atoms with E-state index in [0.29, 0.717) is 20.1 Å². The van der Waals surface area contributed by atoms with Crippen LogP contribution in [-0.4, -0.2) is 0 Å². The summed E-state index contributed by atoms with van der Waals surface area (Å²) in [4.78, 5) is 0. The van der Waals surface area contributed by atoms with Crippen molar-refractivity contribution >= 4 is 67.9 Å². The van der Waals surface area contributed by atoms with Crippen LogP contribution in [0.25, 0.3) is 21.5 Å². The Balaban J connectivity index is 2.51. The molecular weight excluding hydrogens is 310 g/mol. The second-order valence-electron chi connectivity index (χ2n) is 3.89. The van der Waals surface area contributed by atoms with E-state index in [4.69, 9.17) is 46.4 Å². The van der Waals surface area contributed by atoms with E-state index in [1.807, 2.05) is 12.1 Å². The van der Waals surface area contributed by atoms with Crippen molar-refractivity contribution in [3.8, 4) is 0 Å². The van der Waals surface area contributed by atoms with Crippen molar-refractivity contribution in [3.05, 3.63) is 56.5 Å². The fraction of sp³-hybridized carbons (Fsp3) is 0. The van der Waals surface area contributed by atoms with Crippen molar-refractivity contribution < 1.29 is 0 Å². The Bertz CT molecular complexity index is 710. The van der Waals surface area contributed by atoms with E-state index in [-0.39, 0.29) is 0 Å². The normalized spacial score (nSPS) is 11.3. The van der Waals surface area contributed by atoms with E-state index in [0.717, 1.165) is 21.5 Å². The first-order chi connectivity index (χ1) is 8.54. The highest BCUT2D eigenvalue weighted by molar-refractivity contribution is 6.40. The van der Waals surface area contributed by atoms with Crippen LogP contribution in [0.1, 0.15) is 0 Å². The number of rotatable bonds is 0. The third-order valence-electron chi connectivity index (χ3n) is 2.72. The molecule has 0 saturated heterocycles. The van der Waals surface area contributed by atoms with Crippen LogP contribution in [-0.2, 0) is 0 Å². The van der Waals surface area contributed by atoms with Crippen molar-refractivity contribution in [2.75, 3.05) is 0 Å². The Hall–Kier alpha value is -0.660. The van der Waals surface area contributed by atoms with Gasteiger partial charge in [-0.2, -0.15) is 0 Å². The molecule has 0 fully saturated rings. The lowest BCUT2D eigenvalue weighted by atomic mass is 10.0. The fourth-order valence-corrected chi connectivity index (χ4v) is 2.99. The zero-order chi connectivity index (χ0) is 12.9. The summed E-state index contributed by atoms with van der Waals surface area (Å²) in [6.07, 6.45) is 0. The van der Waals surface area contributed by atoms with Gasteiger partial charge in [-0.05, 0) is 35.0 Å². The summed E-state index contributed by atoms with van der Waals surface area (Å²) < 4.78 is 0. The molecule has 0 unspecified atom stereocenters.